The van der Waals surface area contributed by atoms with Gasteiger partial charge in [0, 0.05) is 72.1 Å². The van der Waals surface area contributed by atoms with Crippen LogP contribution in [0.4, 0.5) is 4.70 Å². The van der Waals surface area contributed by atoms with Crippen molar-refractivity contribution in [1.82, 2.24) is 0 Å². The number of carbonyl (C=O) groups is 2. The van der Waals surface area contributed by atoms with E-state index in [1.165, 1.54) is 158 Å². The predicted octanol–water partition coefficient (Wildman–Crippen LogP) is 18.3. The second-order valence-corrected chi connectivity index (χ2v) is 37.8. The van der Waals surface area contributed by atoms with Gasteiger partial charge in [0.05, 0.1) is 14.7 Å². The molecule has 0 aromatic heterocycles. The van der Waals surface area contributed by atoms with Gasteiger partial charge in [-0.3, -0.25) is 4.70 Å². The molecular formula is C93H104AlBrFLiO8Si3. The van der Waals surface area contributed by atoms with Crippen molar-refractivity contribution in [2.45, 2.75) is 86.5 Å². The topological polar surface area (TPSA) is 89.5 Å². The summed E-state index contributed by atoms with van der Waals surface area (Å²) in [4.78, 5) is 22.3. The van der Waals surface area contributed by atoms with Crippen LogP contribution in [0.2, 0.25) is 25.7 Å². The molecule has 17 rings (SSSR count). The van der Waals surface area contributed by atoms with Crippen molar-refractivity contribution in [2.75, 3.05) is 52.9 Å². The van der Waals surface area contributed by atoms with E-state index in [9.17, 15) is 9.59 Å². The van der Waals surface area contributed by atoms with Crippen LogP contribution in [0, 0.1) is 0 Å². The smallest absolute Gasteiger partial charge is 1.00 e. The first-order valence-corrected chi connectivity index (χ1v) is 44.1. The third-order valence-electron chi connectivity index (χ3n) is 19.4. The first-order chi connectivity index (χ1) is 50.8. The van der Waals surface area contributed by atoms with E-state index < -0.39 is 16.6 Å². The van der Waals surface area contributed by atoms with Crippen molar-refractivity contribution in [1.29, 1.82) is 0 Å². The van der Waals surface area contributed by atoms with Crippen LogP contribution in [0.3, 0.4) is 0 Å². The van der Waals surface area contributed by atoms with E-state index in [1.807, 2.05) is 27.7 Å². The quantitative estimate of drug-likeness (QED) is 0.0236. The molecule has 1 aliphatic rings. The summed E-state index contributed by atoms with van der Waals surface area (Å²) >= 11 is 3.64. The average molecular weight is 1570 g/mol. The molecule has 0 radical (unpaired) electrons. The maximum absolute atomic E-state index is 11.8. The molecule has 8 nitrogen and oxygen atoms in total. The van der Waals surface area contributed by atoms with E-state index in [2.05, 4.69) is 278 Å². The first kappa shape index (κ1) is 85.5. The minimum Gasteiger partial charge on any atom is -1.00 e. The molecule has 0 bridgehead atoms. The molecule has 0 spiro atoms. The summed E-state index contributed by atoms with van der Waals surface area (Å²) in [5.41, 5.74) is 0.826. The number of hydrogen-bond acceptors (Lipinski definition) is 8. The number of carbonyl (C=O) groups excluding carboxylic acids is 2. The average Bonchev–Trinajstić information content (AvgIpc) is 0.762. The van der Waals surface area contributed by atoms with Gasteiger partial charge >= 0.3 is 39.4 Å². The van der Waals surface area contributed by atoms with Crippen LogP contribution in [0.25, 0.3) is 129 Å². The Morgan fingerprint density at radius 3 is 1.16 bits per heavy atom. The molecule has 1 fully saturated rings. The molecule has 0 aliphatic carbocycles. The molecule has 0 saturated carbocycles. The van der Waals surface area contributed by atoms with Crippen LogP contribution < -0.4 is 34.4 Å². The Kier molecular flexibility index (Phi) is 31.3. The minimum atomic E-state index is -2.78. The normalized spacial score (nSPS) is 11.9. The van der Waals surface area contributed by atoms with Crippen LogP contribution in [0.5, 0.6) is 0 Å². The molecule has 16 aromatic rings. The zero-order valence-corrected chi connectivity index (χ0v) is 69.6. The van der Waals surface area contributed by atoms with Crippen molar-refractivity contribution >= 4 is 217 Å². The van der Waals surface area contributed by atoms with E-state index in [1.54, 1.807) is 19.0 Å². The largest absolute Gasteiger partial charge is 1.00 e. The second kappa shape index (κ2) is 39.5. The number of esters is 2. The summed E-state index contributed by atoms with van der Waals surface area (Å²) in [7, 11) is -2.99. The monoisotopic (exact) mass is 1560 g/mol. The van der Waals surface area contributed by atoms with E-state index in [-0.39, 0.29) is 62.3 Å². The van der Waals surface area contributed by atoms with Gasteiger partial charge in [0.25, 0.3) is 0 Å². The van der Waals surface area contributed by atoms with Gasteiger partial charge in [0.15, 0.2) is 17.4 Å². The van der Waals surface area contributed by atoms with E-state index in [0.717, 1.165) is 41.9 Å². The van der Waals surface area contributed by atoms with Gasteiger partial charge in [0.2, 0.25) is 0 Å². The Labute approximate surface area is 674 Å². The van der Waals surface area contributed by atoms with E-state index >= 15 is 0 Å². The molecule has 16 aromatic carbocycles. The number of rotatable bonds is 16. The van der Waals surface area contributed by atoms with Gasteiger partial charge in [0.1, 0.15) is 6.61 Å². The molecule has 0 amide bonds. The third-order valence-corrected chi connectivity index (χ3v) is 26.8. The van der Waals surface area contributed by atoms with Crippen LogP contribution in [0.1, 0.15) is 63.7 Å². The molecule has 15 heteroatoms. The van der Waals surface area contributed by atoms with Gasteiger partial charge in [-0.2, -0.15) is 0 Å². The van der Waals surface area contributed by atoms with Crippen LogP contribution in [-0.4, -0.2) is 109 Å². The molecule has 108 heavy (non-hydrogen) atoms. The maximum atomic E-state index is 11.8. The summed E-state index contributed by atoms with van der Waals surface area (Å²) in [6, 6.07) is 80.4. The van der Waals surface area contributed by atoms with Crippen LogP contribution >= 0.6 is 15.9 Å². The standard InChI is InChI=1S/C27H30O4Si.C19H18Si.C16H9Br.C16H12Si.C7H10O2.C4H8O.C4H10O.Al.FH.Li.H2.4H/c1-5-30-32(31-6-2,18-8-17-29-27(28)19(3)4)24-16-14-22-12-11-20-9-7-10-21-13-15-23(24)26(22)25(20)21;1-20(2,3)17-12-10-15-8-7-13-5-4-6-14-9-11-16(17)19(15)18(13)14;2*17-14-9-7-12-5-4-10-2-1-3-11-6-8-13(14)16(12)15(10)11;1-4-5-9-7(8)6(2)3;1-2-4-5-3-1;1-3-5-4-2;;;;;;;;/h7,9-16H,3,5-6,8,17-18H2,1-2,4H3;4-12H,1-3H3;1-9H;1-9H,17H3;4H,1-2,5H2,3H3;1-4H2;3-4H2,1-2H3;;1H;;1H;;;;/q;;;;;;;;;+1;;;;;-1. The molecule has 1 saturated heterocycles. The summed E-state index contributed by atoms with van der Waals surface area (Å²) in [6.07, 6.45) is 4.74. The Hall–Kier alpha value is -8.13. The zero-order valence-electron chi connectivity index (χ0n) is 65.0. The Balaban J connectivity index is 0.000000213. The van der Waals surface area contributed by atoms with Crippen molar-refractivity contribution in [3.8, 4) is 0 Å². The first-order valence-electron chi connectivity index (χ1n) is 36.8. The number of halogens is 2. The zero-order chi connectivity index (χ0) is 74.4. The Bertz CT molecular complexity index is 5490. The number of benzene rings is 16. The fourth-order valence-electron chi connectivity index (χ4n) is 14.5. The van der Waals surface area contributed by atoms with Crippen LogP contribution in [0.15, 0.2) is 260 Å². The second-order valence-electron chi connectivity index (χ2n) is 27.7. The molecule has 1 heterocycles. The molecule has 1 aliphatic heterocycles. The Morgan fingerprint density at radius 2 is 0.796 bits per heavy atom. The molecule has 554 valence electrons. The molecule has 0 atom stereocenters. The van der Waals surface area contributed by atoms with Crippen LogP contribution in [-0.2, 0) is 37.4 Å². The van der Waals surface area contributed by atoms with Crippen molar-refractivity contribution in [3.05, 3.63) is 260 Å². The summed E-state index contributed by atoms with van der Waals surface area (Å²) in [6.45, 7) is 34.4. The van der Waals surface area contributed by atoms with Gasteiger partial charge in [-0.15, -0.1) is 0 Å². The number of ether oxygens (including phenoxy) is 4. The van der Waals surface area contributed by atoms with Gasteiger partial charge < -0.3 is 29.2 Å². The summed E-state index contributed by atoms with van der Waals surface area (Å²) in [5, 5.41) is 36.5. The third kappa shape index (κ3) is 19.2. The van der Waals surface area contributed by atoms with Crippen molar-refractivity contribution in [2.24, 2.45) is 0 Å². The molecule has 0 unspecified atom stereocenters. The van der Waals surface area contributed by atoms with Gasteiger partial charge in [-0.05, 0) is 202 Å². The summed E-state index contributed by atoms with van der Waals surface area (Å²) < 4.78 is 33.8. The SMILES string of the molecule is Brc1ccc2ccc3cccc4ccc1c2c34.C1CCOC1.C=C(C)C(=O)OCCC[Si](OCC)(OCC)c1ccc2ccc3cccc4ccc1c2c34.C=CCOC(=O)C(=C)C.CCOCC.C[Si](C)(C)c1ccc2ccc3cccc4ccc1c2c34.F.[AlH3].[H-].[HH].[Li+].[SiH3]c1ccc2ccc3cccc4ccc1c2c34. The van der Waals surface area contributed by atoms with Crippen molar-refractivity contribution in [3.63, 3.8) is 0 Å². The fraction of sp³-hybridized carbons (Fsp3) is 0.226. The fourth-order valence-corrected chi connectivity index (χ4v) is 20.6. The predicted molar refractivity (Wildman–Crippen MR) is 479 cm³/mol. The minimum absolute atomic E-state index is 0. The van der Waals surface area contributed by atoms with Crippen molar-refractivity contribution < 1.29 is 63.8 Å². The number of hydrogen-bond donors (Lipinski definition) is 0. The van der Waals surface area contributed by atoms with E-state index in [0.29, 0.717) is 43.4 Å². The Morgan fingerprint density at radius 1 is 0.472 bits per heavy atom. The summed E-state index contributed by atoms with van der Waals surface area (Å²) in [5.74, 6) is -0.720. The molecular weight excluding hydrogens is 1460 g/mol. The molecule has 0 N–H and O–H groups in total. The van der Waals surface area contributed by atoms with Gasteiger partial charge in [-0.25, -0.2) is 9.59 Å². The van der Waals surface area contributed by atoms with Gasteiger partial charge in [-0.1, -0.05) is 284 Å². The van der Waals surface area contributed by atoms with E-state index in [4.69, 9.17) is 23.1 Å². The maximum Gasteiger partial charge on any atom is 1.00 e.